The van der Waals surface area contributed by atoms with Crippen molar-refractivity contribution < 1.29 is 19.2 Å². The summed E-state index contributed by atoms with van der Waals surface area (Å²) >= 11 is 0. The molecule has 1 atom stereocenters. The standard InChI is InChI=1S/C12H13NO5/c1-8(14)7-10(12(15)18-2)9-5-3-4-6-11(9)13(16)17/h3-6,10H,7H2,1-2H3/t10-/m1/s1. The van der Waals surface area contributed by atoms with Crippen molar-refractivity contribution in [3.05, 3.63) is 39.9 Å². The number of ketones is 1. The number of methoxy groups -OCH3 is 1. The molecule has 0 N–H and O–H groups in total. The largest absolute Gasteiger partial charge is 0.469 e. The second-order valence-electron chi connectivity index (χ2n) is 3.80. The fourth-order valence-electron chi connectivity index (χ4n) is 1.70. The van der Waals surface area contributed by atoms with E-state index in [2.05, 4.69) is 4.74 Å². The predicted octanol–water partition coefficient (Wildman–Crippen LogP) is 1.83. The molecule has 0 heterocycles. The third kappa shape index (κ3) is 3.13. The highest BCUT2D eigenvalue weighted by molar-refractivity contribution is 5.87. The first-order valence-corrected chi connectivity index (χ1v) is 5.28. The van der Waals surface area contributed by atoms with E-state index in [1.165, 1.54) is 32.2 Å². The molecule has 0 unspecified atom stereocenters. The topological polar surface area (TPSA) is 86.5 Å². The van der Waals surface area contributed by atoms with Gasteiger partial charge in [0.1, 0.15) is 5.78 Å². The second kappa shape index (κ2) is 5.90. The smallest absolute Gasteiger partial charge is 0.313 e. The SMILES string of the molecule is COC(=O)[C@H](CC(C)=O)c1ccccc1[N+](=O)[O-]. The van der Waals surface area contributed by atoms with Gasteiger partial charge >= 0.3 is 5.97 Å². The summed E-state index contributed by atoms with van der Waals surface area (Å²) < 4.78 is 4.59. The van der Waals surface area contributed by atoms with E-state index in [0.717, 1.165) is 0 Å². The van der Waals surface area contributed by atoms with Gasteiger partial charge in [0.25, 0.3) is 5.69 Å². The van der Waals surface area contributed by atoms with Crippen LogP contribution < -0.4 is 0 Å². The molecule has 1 aromatic carbocycles. The summed E-state index contributed by atoms with van der Waals surface area (Å²) in [4.78, 5) is 33.1. The number of ether oxygens (including phenoxy) is 1. The summed E-state index contributed by atoms with van der Waals surface area (Å²) in [5.41, 5.74) is 0.0127. The Morgan fingerprint density at radius 3 is 2.50 bits per heavy atom. The Kier molecular flexibility index (Phi) is 4.53. The van der Waals surface area contributed by atoms with Crippen LogP contribution in [0.1, 0.15) is 24.8 Å². The van der Waals surface area contributed by atoms with Crippen molar-refractivity contribution >= 4 is 17.4 Å². The third-order valence-corrected chi connectivity index (χ3v) is 2.49. The van der Waals surface area contributed by atoms with E-state index in [4.69, 9.17) is 0 Å². The Labute approximate surface area is 104 Å². The minimum Gasteiger partial charge on any atom is -0.469 e. The zero-order valence-electron chi connectivity index (χ0n) is 10.1. The number of benzene rings is 1. The molecule has 0 spiro atoms. The molecule has 0 amide bonds. The van der Waals surface area contributed by atoms with Crippen molar-refractivity contribution in [2.24, 2.45) is 0 Å². The number of nitro benzene ring substituents is 1. The van der Waals surface area contributed by atoms with Crippen molar-refractivity contribution in [3.63, 3.8) is 0 Å². The lowest BCUT2D eigenvalue weighted by Gasteiger charge is -2.13. The fraction of sp³-hybridized carbons (Fsp3) is 0.333. The average Bonchev–Trinajstić information content (AvgIpc) is 2.34. The fourth-order valence-corrected chi connectivity index (χ4v) is 1.70. The minimum atomic E-state index is -0.936. The Morgan fingerprint density at radius 2 is 2.00 bits per heavy atom. The van der Waals surface area contributed by atoms with Crippen molar-refractivity contribution in [1.82, 2.24) is 0 Å². The summed E-state index contributed by atoms with van der Waals surface area (Å²) in [7, 11) is 1.18. The van der Waals surface area contributed by atoms with Gasteiger partial charge in [0.2, 0.25) is 0 Å². The number of Topliss-reactive ketones (excluding diaryl/α,β-unsaturated/α-hetero) is 1. The lowest BCUT2D eigenvalue weighted by atomic mass is 9.93. The molecule has 1 aromatic rings. The van der Waals surface area contributed by atoms with Gasteiger partial charge in [0.05, 0.1) is 18.0 Å². The molecule has 0 aliphatic heterocycles. The number of carbonyl (C=O) groups excluding carboxylic acids is 2. The molecule has 6 heteroatoms. The van der Waals surface area contributed by atoms with E-state index in [9.17, 15) is 19.7 Å². The molecule has 0 bridgehead atoms. The molecular formula is C12H13NO5. The Hall–Kier alpha value is -2.24. The van der Waals surface area contributed by atoms with Crippen molar-refractivity contribution in [1.29, 1.82) is 0 Å². The van der Waals surface area contributed by atoms with Crippen LogP contribution in [-0.4, -0.2) is 23.8 Å². The molecule has 6 nitrogen and oxygen atoms in total. The summed E-state index contributed by atoms with van der Waals surface area (Å²) in [6.45, 7) is 1.32. The van der Waals surface area contributed by atoms with Gasteiger partial charge in [-0.05, 0) is 6.92 Å². The maximum Gasteiger partial charge on any atom is 0.313 e. The average molecular weight is 251 g/mol. The van der Waals surface area contributed by atoms with Crippen LogP contribution in [0.15, 0.2) is 24.3 Å². The van der Waals surface area contributed by atoms with E-state index in [1.54, 1.807) is 6.07 Å². The van der Waals surface area contributed by atoms with Crippen molar-refractivity contribution in [3.8, 4) is 0 Å². The molecule has 0 fully saturated rings. The number of carbonyl (C=O) groups is 2. The van der Waals surface area contributed by atoms with Crippen LogP contribution in [0.4, 0.5) is 5.69 Å². The minimum absolute atomic E-state index is 0.114. The van der Waals surface area contributed by atoms with Gasteiger partial charge in [0.15, 0.2) is 0 Å². The lowest BCUT2D eigenvalue weighted by molar-refractivity contribution is -0.385. The molecule has 96 valence electrons. The Morgan fingerprint density at radius 1 is 1.39 bits per heavy atom. The molecule has 0 aromatic heterocycles. The molecule has 0 saturated carbocycles. The van der Waals surface area contributed by atoms with Gasteiger partial charge in [-0.2, -0.15) is 0 Å². The number of nitro groups is 1. The Balaban J connectivity index is 3.24. The van der Waals surface area contributed by atoms with Crippen LogP contribution in [0.25, 0.3) is 0 Å². The first-order chi connectivity index (χ1) is 8.47. The maximum atomic E-state index is 11.6. The molecular weight excluding hydrogens is 238 g/mol. The summed E-state index contributed by atoms with van der Waals surface area (Å²) in [6.07, 6.45) is -0.114. The molecule has 0 aliphatic rings. The van der Waals surface area contributed by atoms with Gasteiger partial charge < -0.3 is 4.74 Å². The van der Waals surface area contributed by atoms with E-state index >= 15 is 0 Å². The molecule has 0 aliphatic carbocycles. The van der Waals surface area contributed by atoms with Gasteiger partial charge in [-0.15, -0.1) is 0 Å². The van der Waals surface area contributed by atoms with Gasteiger partial charge in [0, 0.05) is 18.1 Å². The monoisotopic (exact) mass is 251 g/mol. The highest BCUT2D eigenvalue weighted by atomic mass is 16.6. The number of hydrogen-bond acceptors (Lipinski definition) is 5. The highest BCUT2D eigenvalue weighted by Gasteiger charge is 2.29. The van der Waals surface area contributed by atoms with Crippen LogP contribution >= 0.6 is 0 Å². The van der Waals surface area contributed by atoms with Crippen LogP contribution in [0.5, 0.6) is 0 Å². The van der Waals surface area contributed by atoms with Crippen LogP contribution in [-0.2, 0) is 14.3 Å². The number of esters is 1. The van der Waals surface area contributed by atoms with Gasteiger partial charge in [-0.25, -0.2) is 0 Å². The van der Waals surface area contributed by atoms with Crippen molar-refractivity contribution in [2.75, 3.05) is 7.11 Å². The zero-order chi connectivity index (χ0) is 13.7. The van der Waals surface area contributed by atoms with Crippen LogP contribution in [0.2, 0.25) is 0 Å². The Bertz CT molecular complexity index is 483. The van der Waals surface area contributed by atoms with Crippen molar-refractivity contribution in [2.45, 2.75) is 19.3 Å². The number of rotatable bonds is 5. The number of nitrogens with zero attached hydrogens (tertiary/aromatic N) is 1. The summed E-state index contributed by atoms with van der Waals surface area (Å²) in [5.74, 6) is -1.82. The molecule has 0 saturated heterocycles. The van der Waals surface area contributed by atoms with E-state index in [0.29, 0.717) is 0 Å². The highest BCUT2D eigenvalue weighted by Crippen LogP contribution is 2.29. The molecule has 1 rings (SSSR count). The summed E-state index contributed by atoms with van der Waals surface area (Å²) in [5, 5.41) is 10.9. The quantitative estimate of drug-likeness (QED) is 0.452. The number of para-hydroxylation sites is 1. The van der Waals surface area contributed by atoms with E-state index < -0.39 is 16.8 Å². The van der Waals surface area contributed by atoms with Crippen LogP contribution in [0.3, 0.4) is 0 Å². The second-order valence-corrected chi connectivity index (χ2v) is 3.80. The zero-order valence-corrected chi connectivity index (χ0v) is 10.1. The van der Waals surface area contributed by atoms with E-state index in [-0.39, 0.29) is 23.5 Å². The van der Waals surface area contributed by atoms with Gasteiger partial charge in [-0.1, -0.05) is 18.2 Å². The first-order valence-electron chi connectivity index (χ1n) is 5.28. The molecule has 18 heavy (non-hydrogen) atoms. The third-order valence-electron chi connectivity index (χ3n) is 2.49. The number of hydrogen-bond donors (Lipinski definition) is 0. The van der Waals surface area contributed by atoms with E-state index in [1.807, 2.05) is 0 Å². The summed E-state index contributed by atoms with van der Waals surface area (Å²) in [6, 6.07) is 5.84. The van der Waals surface area contributed by atoms with Crippen LogP contribution in [0, 0.1) is 10.1 Å². The maximum absolute atomic E-state index is 11.6. The normalized spacial score (nSPS) is 11.7. The molecule has 0 radical (unpaired) electrons. The lowest BCUT2D eigenvalue weighted by Crippen LogP contribution is -2.18. The first kappa shape index (κ1) is 13.8. The predicted molar refractivity (Wildman–Crippen MR) is 63.2 cm³/mol. The van der Waals surface area contributed by atoms with Gasteiger partial charge in [-0.3, -0.25) is 19.7 Å².